The normalized spacial score (nSPS) is 10.8. The molecule has 7 heteroatoms. The molecule has 0 radical (unpaired) electrons. The fraction of sp³-hybridized carbons (Fsp3) is 0.889. The molecule has 0 rings (SSSR count). The average molecular weight is 261 g/mol. The number of carbonyl (C=O) groups is 1. The SMILES string of the molecule is CCCCOCC(=O)NCC(F)(F)CN.Cl. The van der Waals surface area contributed by atoms with Gasteiger partial charge >= 0.3 is 0 Å². The van der Waals surface area contributed by atoms with Crippen LogP contribution in [0.1, 0.15) is 19.8 Å². The molecule has 0 aromatic rings. The highest BCUT2D eigenvalue weighted by Crippen LogP contribution is 2.08. The second kappa shape index (κ2) is 9.74. The number of rotatable bonds is 8. The minimum atomic E-state index is -3.04. The van der Waals surface area contributed by atoms with Gasteiger partial charge in [0.15, 0.2) is 0 Å². The zero-order valence-electron chi connectivity index (χ0n) is 9.30. The molecular formula is C9H19ClF2N2O2. The number of hydrogen-bond donors (Lipinski definition) is 2. The van der Waals surface area contributed by atoms with E-state index in [4.69, 9.17) is 10.5 Å². The van der Waals surface area contributed by atoms with E-state index >= 15 is 0 Å². The number of nitrogens with one attached hydrogen (secondary N) is 1. The highest BCUT2D eigenvalue weighted by molar-refractivity contribution is 5.85. The maximum atomic E-state index is 12.6. The Morgan fingerprint density at radius 3 is 2.62 bits per heavy atom. The van der Waals surface area contributed by atoms with Crippen LogP contribution in [0.3, 0.4) is 0 Å². The van der Waals surface area contributed by atoms with Crippen molar-refractivity contribution in [3.63, 3.8) is 0 Å². The van der Waals surface area contributed by atoms with Crippen molar-refractivity contribution < 1.29 is 18.3 Å². The summed E-state index contributed by atoms with van der Waals surface area (Å²) in [5.74, 6) is -3.58. The van der Waals surface area contributed by atoms with Gasteiger partial charge < -0.3 is 15.8 Å². The molecule has 0 saturated heterocycles. The van der Waals surface area contributed by atoms with Gasteiger partial charge in [-0.15, -0.1) is 12.4 Å². The van der Waals surface area contributed by atoms with Crippen molar-refractivity contribution in [1.29, 1.82) is 0 Å². The molecule has 0 aliphatic rings. The van der Waals surface area contributed by atoms with Crippen LogP contribution in [0.5, 0.6) is 0 Å². The zero-order chi connectivity index (χ0) is 11.7. The maximum Gasteiger partial charge on any atom is 0.277 e. The minimum Gasteiger partial charge on any atom is -0.372 e. The first kappa shape index (κ1) is 17.9. The number of unbranched alkanes of at least 4 members (excludes halogenated alkanes) is 1. The third-order valence-corrected chi connectivity index (χ3v) is 1.72. The molecule has 98 valence electrons. The van der Waals surface area contributed by atoms with Gasteiger partial charge in [-0.2, -0.15) is 0 Å². The number of hydrogen-bond acceptors (Lipinski definition) is 3. The molecule has 0 aromatic heterocycles. The third-order valence-electron chi connectivity index (χ3n) is 1.72. The van der Waals surface area contributed by atoms with Crippen LogP contribution in [-0.2, 0) is 9.53 Å². The molecule has 0 bridgehead atoms. The quantitative estimate of drug-likeness (QED) is 0.639. The fourth-order valence-corrected chi connectivity index (χ4v) is 0.762. The molecule has 0 fully saturated rings. The smallest absolute Gasteiger partial charge is 0.277 e. The van der Waals surface area contributed by atoms with Crippen LogP contribution in [0.15, 0.2) is 0 Å². The van der Waals surface area contributed by atoms with Gasteiger partial charge in [0.2, 0.25) is 5.91 Å². The van der Waals surface area contributed by atoms with Crippen molar-refractivity contribution in [1.82, 2.24) is 5.32 Å². The molecule has 0 aromatic carbocycles. The van der Waals surface area contributed by atoms with Crippen LogP contribution in [0, 0.1) is 0 Å². The lowest BCUT2D eigenvalue weighted by molar-refractivity contribution is -0.127. The lowest BCUT2D eigenvalue weighted by Gasteiger charge is -2.14. The first-order valence-corrected chi connectivity index (χ1v) is 4.94. The van der Waals surface area contributed by atoms with Crippen LogP contribution in [0.4, 0.5) is 8.78 Å². The Hall–Kier alpha value is -0.460. The second-order valence-corrected chi connectivity index (χ2v) is 3.24. The van der Waals surface area contributed by atoms with E-state index in [1.165, 1.54) is 0 Å². The number of alkyl halides is 2. The Labute approximate surface area is 100 Å². The second-order valence-electron chi connectivity index (χ2n) is 3.24. The lowest BCUT2D eigenvalue weighted by Crippen LogP contribution is -2.42. The van der Waals surface area contributed by atoms with Crippen molar-refractivity contribution in [3.05, 3.63) is 0 Å². The topological polar surface area (TPSA) is 64.3 Å². The monoisotopic (exact) mass is 260 g/mol. The van der Waals surface area contributed by atoms with Crippen molar-refractivity contribution in [2.45, 2.75) is 25.7 Å². The first-order valence-electron chi connectivity index (χ1n) is 4.94. The fourth-order valence-electron chi connectivity index (χ4n) is 0.762. The van der Waals surface area contributed by atoms with E-state index in [0.717, 1.165) is 12.8 Å². The first-order chi connectivity index (χ1) is 7.02. The number of halogens is 3. The largest absolute Gasteiger partial charge is 0.372 e. The van der Waals surface area contributed by atoms with Gasteiger partial charge in [0, 0.05) is 6.61 Å². The van der Waals surface area contributed by atoms with E-state index in [2.05, 4.69) is 5.32 Å². The molecular weight excluding hydrogens is 242 g/mol. The van der Waals surface area contributed by atoms with Crippen molar-refractivity contribution in [2.75, 3.05) is 26.3 Å². The Morgan fingerprint density at radius 1 is 1.50 bits per heavy atom. The van der Waals surface area contributed by atoms with Crippen molar-refractivity contribution in [3.8, 4) is 0 Å². The van der Waals surface area contributed by atoms with Crippen LogP contribution in [0.2, 0.25) is 0 Å². The lowest BCUT2D eigenvalue weighted by atomic mass is 10.3. The maximum absolute atomic E-state index is 12.6. The van der Waals surface area contributed by atoms with Crippen LogP contribution >= 0.6 is 12.4 Å². The Bertz CT molecular complexity index is 194. The molecule has 3 N–H and O–H groups in total. The molecule has 1 amide bonds. The van der Waals surface area contributed by atoms with Crippen molar-refractivity contribution in [2.24, 2.45) is 5.73 Å². The summed E-state index contributed by atoms with van der Waals surface area (Å²) in [6, 6.07) is 0. The van der Waals surface area contributed by atoms with E-state index in [0.29, 0.717) is 6.61 Å². The summed E-state index contributed by atoms with van der Waals surface area (Å²) in [6.07, 6.45) is 1.82. The molecule has 0 spiro atoms. The molecule has 0 heterocycles. The number of nitrogens with two attached hydrogens (primary N) is 1. The van der Waals surface area contributed by atoms with Crippen LogP contribution in [0.25, 0.3) is 0 Å². The van der Waals surface area contributed by atoms with E-state index < -0.39 is 24.9 Å². The van der Waals surface area contributed by atoms with Crippen LogP contribution < -0.4 is 11.1 Å². The van der Waals surface area contributed by atoms with Gasteiger partial charge in [-0.1, -0.05) is 13.3 Å². The molecule has 0 aliphatic heterocycles. The van der Waals surface area contributed by atoms with Crippen molar-refractivity contribution >= 4 is 18.3 Å². The molecule has 0 aliphatic carbocycles. The van der Waals surface area contributed by atoms with Crippen LogP contribution in [-0.4, -0.2) is 38.1 Å². The molecule has 0 atom stereocenters. The van der Waals surface area contributed by atoms with E-state index in [-0.39, 0.29) is 19.0 Å². The Kier molecular flexibility index (Phi) is 10.9. The predicted molar refractivity (Wildman–Crippen MR) is 60.0 cm³/mol. The van der Waals surface area contributed by atoms with Gasteiger partial charge in [0.1, 0.15) is 6.61 Å². The summed E-state index contributed by atoms with van der Waals surface area (Å²) in [4.78, 5) is 11.0. The molecule has 0 unspecified atom stereocenters. The summed E-state index contributed by atoms with van der Waals surface area (Å²) in [5.41, 5.74) is 4.80. The van der Waals surface area contributed by atoms with E-state index in [1.54, 1.807) is 0 Å². The number of amides is 1. The van der Waals surface area contributed by atoms with E-state index in [9.17, 15) is 13.6 Å². The van der Waals surface area contributed by atoms with Gasteiger partial charge in [-0.25, -0.2) is 8.78 Å². The number of carbonyl (C=O) groups excluding carboxylic acids is 1. The summed E-state index contributed by atoms with van der Waals surface area (Å²) in [6.45, 7) is 0.770. The molecule has 4 nitrogen and oxygen atoms in total. The summed E-state index contributed by atoms with van der Waals surface area (Å²) < 4.78 is 30.1. The standard InChI is InChI=1S/C9H18F2N2O2.ClH/c1-2-3-4-15-5-8(14)13-7-9(10,11)6-12;/h2-7,12H2,1H3,(H,13,14);1H. The highest BCUT2D eigenvalue weighted by atomic mass is 35.5. The summed E-state index contributed by atoms with van der Waals surface area (Å²) in [5, 5.41) is 2.06. The summed E-state index contributed by atoms with van der Waals surface area (Å²) in [7, 11) is 0. The van der Waals surface area contributed by atoms with Gasteiger partial charge in [0.05, 0.1) is 13.1 Å². The molecule has 0 saturated carbocycles. The van der Waals surface area contributed by atoms with Gasteiger partial charge in [0.25, 0.3) is 5.92 Å². The van der Waals surface area contributed by atoms with E-state index in [1.807, 2.05) is 6.92 Å². The third kappa shape index (κ3) is 10.1. The Morgan fingerprint density at radius 2 is 2.12 bits per heavy atom. The predicted octanol–water partition coefficient (Wildman–Crippen LogP) is 0.935. The van der Waals surface area contributed by atoms with Gasteiger partial charge in [-0.05, 0) is 6.42 Å². The zero-order valence-corrected chi connectivity index (χ0v) is 10.1. The molecule has 16 heavy (non-hydrogen) atoms. The minimum absolute atomic E-state index is 0. The summed E-state index contributed by atoms with van der Waals surface area (Å²) >= 11 is 0. The number of ether oxygens (including phenoxy) is 1. The highest BCUT2D eigenvalue weighted by Gasteiger charge is 2.26. The average Bonchev–Trinajstić information content (AvgIpc) is 2.22. The van der Waals surface area contributed by atoms with Gasteiger partial charge in [-0.3, -0.25) is 4.79 Å². The Balaban J connectivity index is 0.